The van der Waals surface area contributed by atoms with Crippen molar-refractivity contribution in [3.8, 4) is 5.75 Å². The maximum absolute atomic E-state index is 5.46. The molecular weight excluding hydrogens is 310 g/mol. The summed E-state index contributed by atoms with van der Waals surface area (Å²) in [6.45, 7) is 4.06. The summed E-state index contributed by atoms with van der Waals surface area (Å²) in [4.78, 5) is 12.5. The van der Waals surface area contributed by atoms with E-state index in [0.29, 0.717) is 0 Å². The maximum Gasteiger partial charge on any atom is 0.166 e. The van der Waals surface area contributed by atoms with Crippen LogP contribution in [-0.4, -0.2) is 35.3 Å². The molecule has 1 unspecified atom stereocenters. The molecule has 0 radical (unpaired) electrons. The monoisotopic (exact) mass is 331 g/mol. The van der Waals surface area contributed by atoms with Crippen molar-refractivity contribution in [2.75, 3.05) is 14.2 Å². The summed E-state index contributed by atoms with van der Waals surface area (Å²) in [5, 5.41) is 2.95. The van der Waals surface area contributed by atoms with E-state index in [2.05, 4.69) is 27.1 Å². The van der Waals surface area contributed by atoms with Crippen LogP contribution in [0.4, 0.5) is 0 Å². The number of thioether (sulfide) groups is 1. The lowest BCUT2D eigenvalue weighted by molar-refractivity contribution is 0.157. The number of hydrogen-bond donors (Lipinski definition) is 1. The summed E-state index contributed by atoms with van der Waals surface area (Å²) >= 11 is 1.65. The first-order valence-corrected chi connectivity index (χ1v) is 8.53. The molecule has 0 saturated carbocycles. The smallest absolute Gasteiger partial charge is 0.166 e. The average molecular weight is 331 g/mol. The zero-order chi connectivity index (χ0) is 16.4. The van der Waals surface area contributed by atoms with Crippen LogP contribution in [0.2, 0.25) is 0 Å². The Labute approximate surface area is 139 Å². The van der Waals surface area contributed by atoms with Crippen molar-refractivity contribution in [3.63, 3.8) is 0 Å². The van der Waals surface area contributed by atoms with Crippen molar-refractivity contribution in [1.82, 2.24) is 15.0 Å². The topological polar surface area (TPSA) is 60.0 Å². The van der Waals surface area contributed by atoms with E-state index < -0.39 is 0 Å². The average Bonchev–Trinajstić information content (AvgIpc) is 2.96. The van der Waals surface area contributed by atoms with Crippen LogP contribution >= 0.6 is 11.8 Å². The van der Waals surface area contributed by atoms with Gasteiger partial charge in [0.1, 0.15) is 5.75 Å². The minimum Gasteiger partial charge on any atom is -0.496 e. The highest BCUT2D eigenvalue weighted by molar-refractivity contribution is 7.98. The van der Waals surface area contributed by atoms with Crippen LogP contribution in [0, 0.1) is 13.8 Å². The van der Waals surface area contributed by atoms with Crippen molar-refractivity contribution >= 4 is 23.9 Å². The number of pyridine rings is 1. The summed E-state index contributed by atoms with van der Waals surface area (Å²) in [6, 6.07) is 0. The number of methoxy groups -OCH3 is 2. The summed E-state index contributed by atoms with van der Waals surface area (Å²) in [5.74, 6) is 1.67. The van der Waals surface area contributed by atoms with E-state index in [9.17, 15) is 0 Å². The number of fused-ring (bicyclic) bond motifs is 1. The summed E-state index contributed by atoms with van der Waals surface area (Å²) < 4.78 is 10.8. The van der Waals surface area contributed by atoms with Crippen LogP contribution in [0.5, 0.6) is 5.75 Å². The van der Waals surface area contributed by atoms with Crippen LogP contribution in [0.3, 0.4) is 0 Å². The van der Waals surface area contributed by atoms with Gasteiger partial charge in [0.25, 0.3) is 0 Å². The molecule has 1 N–H and O–H groups in total. The van der Waals surface area contributed by atoms with E-state index in [4.69, 9.17) is 9.47 Å². The molecular formula is C17H21N3O2S. The van der Waals surface area contributed by atoms with E-state index in [1.807, 2.05) is 20.0 Å². The lowest BCUT2D eigenvalue weighted by Gasteiger charge is -2.11. The molecule has 1 atom stereocenters. The number of nitrogens with zero attached hydrogens (tertiary/aromatic N) is 2. The fourth-order valence-electron chi connectivity index (χ4n) is 2.73. The third-order valence-corrected chi connectivity index (χ3v) is 4.92. The largest absolute Gasteiger partial charge is 0.496 e. The van der Waals surface area contributed by atoms with E-state index in [1.165, 1.54) is 0 Å². The molecule has 2 heterocycles. The van der Waals surface area contributed by atoms with Gasteiger partial charge in [0.2, 0.25) is 0 Å². The second kappa shape index (κ2) is 6.76. The van der Waals surface area contributed by atoms with Gasteiger partial charge in [0.05, 0.1) is 29.6 Å². The molecule has 0 fully saturated rings. The number of rotatable bonds is 5. The first-order chi connectivity index (χ1) is 11.1. The molecule has 0 spiro atoms. The third kappa shape index (κ3) is 3.28. The Balaban J connectivity index is 1.79. The fourth-order valence-corrected chi connectivity index (χ4v) is 3.64. The van der Waals surface area contributed by atoms with Crippen molar-refractivity contribution in [1.29, 1.82) is 0 Å². The summed E-state index contributed by atoms with van der Waals surface area (Å²) in [5.41, 5.74) is 3.17. The van der Waals surface area contributed by atoms with Gasteiger partial charge in [0.15, 0.2) is 5.16 Å². The number of H-pyrrole nitrogens is 1. The quantitative estimate of drug-likeness (QED) is 0.845. The molecule has 0 aliphatic heterocycles. The Hall–Kier alpha value is -1.79. The molecule has 23 heavy (non-hydrogen) atoms. The SMILES string of the molecule is COc1c(C)cnc(CSc2nc3c([nH]2)=CC(OC)CC=3)c1C. The number of aromatic nitrogens is 3. The normalized spacial score (nSPS) is 16.4. The van der Waals surface area contributed by atoms with Crippen LogP contribution in [0.15, 0.2) is 11.4 Å². The summed E-state index contributed by atoms with van der Waals surface area (Å²) in [7, 11) is 3.43. The molecule has 6 heteroatoms. The number of hydrogen-bond acceptors (Lipinski definition) is 5. The van der Waals surface area contributed by atoms with Crippen LogP contribution < -0.4 is 15.4 Å². The van der Waals surface area contributed by atoms with Gasteiger partial charge in [-0.2, -0.15) is 0 Å². The first-order valence-electron chi connectivity index (χ1n) is 7.55. The molecule has 122 valence electrons. The number of nitrogens with one attached hydrogen (secondary N) is 1. The van der Waals surface area contributed by atoms with Crippen LogP contribution in [0.1, 0.15) is 23.2 Å². The Bertz CT molecular complexity index is 829. The molecule has 1 aliphatic rings. The van der Waals surface area contributed by atoms with Gasteiger partial charge in [-0.25, -0.2) is 4.98 Å². The van der Waals surface area contributed by atoms with Gasteiger partial charge in [0, 0.05) is 30.2 Å². The molecule has 2 aromatic rings. The van der Waals surface area contributed by atoms with Crippen molar-refractivity contribution < 1.29 is 9.47 Å². The van der Waals surface area contributed by atoms with E-state index in [0.717, 1.165) is 50.6 Å². The molecule has 0 bridgehead atoms. The van der Waals surface area contributed by atoms with Crippen molar-refractivity contribution in [2.24, 2.45) is 0 Å². The lowest BCUT2D eigenvalue weighted by atomic mass is 10.1. The van der Waals surface area contributed by atoms with Crippen molar-refractivity contribution in [2.45, 2.75) is 37.3 Å². The third-order valence-electron chi connectivity index (χ3n) is 4.03. The molecule has 3 rings (SSSR count). The van der Waals surface area contributed by atoms with E-state index in [1.54, 1.807) is 26.0 Å². The van der Waals surface area contributed by atoms with Gasteiger partial charge in [-0.05, 0) is 26.3 Å². The second-order valence-corrected chi connectivity index (χ2v) is 6.52. The van der Waals surface area contributed by atoms with Gasteiger partial charge in [-0.1, -0.05) is 17.8 Å². The maximum atomic E-state index is 5.46. The van der Waals surface area contributed by atoms with Gasteiger partial charge >= 0.3 is 0 Å². The number of ether oxygens (including phenoxy) is 2. The van der Waals surface area contributed by atoms with Crippen LogP contribution in [0.25, 0.3) is 12.2 Å². The molecule has 0 saturated heterocycles. The number of imidazole rings is 1. The molecule has 0 amide bonds. The van der Waals surface area contributed by atoms with Crippen LogP contribution in [-0.2, 0) is 10.5 Å². The summed E-state index contributed by atoms with van der Waals surface area (Å²) in [6.07, 6.45) is 7.06. The standard InChI is InChI=1S/C17H21N3O2S/c1-10-8-18-15(11(2)16(10)22-4)9-23-17-19-13-6-5-12(21-3)7-14(13)20-17/h6-8,12H,5,9H2,1-4H3,(H,19,20). The highest BCUT2D eigenvalue weighted by Gasteiger charge is 2.12. The first kappa shape index (κ1) is 16.1. The number of aromatic amines is 1. The Morgan fingerprint density at radius 1 is 1.35 bits per heavy atom. The van der Waals surface area contributed by atoms with Gasteiger partial charge in [-0.15, -0.1) is 0 Å². The van der Waals surface area contributed by atoms with E-state index in [-0.39, 0.29) is 6.10 Å². The Kier molecular flexibility index (Phi) is 4.73. The number of aryl methyl sites for hydroxylation is 1. The van der Waals surface area contributed by atoms with Crippen molar-refractivity contribution in [3.05, 3.63) is 33.7 Å². The molecule has 1 aliphatic carbocycles. The molecule has 0 aromatic carbocycles. The van der Waals surface area contributed by atoms with Gasteiger partial charge < -0.3 is 14.5 Å². The Morgan fingerprint density at radius 2 is 2.17 bits per heavy atom. The van der Waals surface area contributed by atoms with E-state index >= 15 is 0 Å². The highest BCUT2D eigenvalue weighted by Crippen LogP contribution is 2.27. The Morgan fingerprint density at radius 3 is 2.91 bits per heavy atom. The zero-order valence-corrected chi connectivity index (χ0v) is 14.7. The minimum atomic E-state index is 0.131. The molecule has 2 aromatic heterocycles. The predicted octanol–water partition coefficient (Wildman–Crippen LogP) is 1.70. The highest BCUT2D eigenvalue weighted by atomic mass is 32.2. The lowest BCUT2D eigenvalue weighted by Crippen LogP contribution is -2.31. The zero-order valence-electron chi connectivity index (χ0n) is 13.8. The minimum absolute atomic E-state index is 0.131. The molecule has 5 nitrogen and oxygen atoms in total. The van der Waals surface area contributed by atoms with Gasteiger partial charge in [-0.3, -0.25) is 4.98 Å². The predicted molar refractivity (Wildman–Crippen MR) is 92.0 cm³/mol. The fraction of sp³-hybridized carbons (Fsp3) is 0.412. The second-order valence-electron chi connectivity index (χ2n) is 5.56.